The molecule has 1 saturated heterocycles. The van der Waals surface area contributed by atoms with Crippen molar-refractivity contribution in [1.29, 1.82) is 0 Å². The van der Waals surface area contributed by atoms with E-state index in [1.54, 1.807) is 6.20 Å². The molecule has 1 fully saturated rings. The second kappa shape index (κ2) is 5.65. The van der Waals surface area contributed by atoms with Crippen LogP contribution < -0.4 is 5.32 Å². The first kappa shape index (κ1) is 13.3. The van der Waals surface area contributed by atoms with Crippen molar-refractivity contribution >= 4 is 37.7 Å². The molecule has 2 rings (SSSR count). The Morgan fingerprint density at radius 3 is 2.76 bits per heavy atom. The average Bonchev–Trinajstić information content (AvgIpc) is 2.29. The second-order valence-electron chi connectivity index (χ2n) is 4.17. The van der Waals surface area contributed by atoms with Crippen LogP contribution in [0.4, 0.5) is 5.82 Å². The third-order valence-electron chi connectivity index (χ3n) is 2.82. The van der Waals surface area contributed by atoms with Crippen LogP contribution in [0.2, 0.25) is 0 Å². The molecule has 0 radical (unpaired) electrons. The summed E-state index contributed by atoms with van der Waals surface area (Å²) in [5.74, 6) is 0.744. The van der Waals surface area contributed by atoms with Crippen molar-refractivity contribution in [3.63, 3.8) is 0 Å². The third kappa shape index (κ3) is 3.64. The highest BCUT2D eigenvalue weighted by Crippen LogP contribution is 2.26. The molecule has 2 heterocycles. The largest absolute Gasteiger partial charge is 0.388 e. The summed E-state index contributed by atoms with van der Waals surface area (Å²) in [6.45, 7) is 1.73. The van der Waals surface area contributed by atoms with Crippen molar-refractivity contribution in [2.45, 2.75) is 18.4 Å². The average molecular weight is 366 g/mol. The molecule has 2 N–H and O–H groups in total. The maximum atomic E-state index is 10.3. The van der Waals surface area contributed by atoms with E-state index in [1.165, 1.54) is 0 Å². The molecule has 0 unspecified atom stereocenters. The van der Waals surface area contributed by atoms with E-state index in [4.69, 9.17) is 4.74 Å². The molecule has 0 spiro atoms. The number of aromatic nitrogens is 1. The summed E-state index contributed by atoms with van der Waals surface area (Å²) in [6.07, 6.45) is 3.05. The van der Waals surface area contributed by atoms with Gasteiger partial charge in [0.15, 0.2) is 0 Å². The van der Waals surface area contributed by atoms with Crippen LogP contribution in [0.25, 0.3) is 0 Å². The number of halogens is 2. The molecule has 1 aromatic heterocycles. The van der Waals surface area contributed by atoms with Gasteiger partial charge in [-0.2, -0.15) is 0 Å². The lowest BCUT2D eigenvalue weighted by Crippen LogP contribution is -2.42. The lowest BCUT2D eigenvalue weighted by Gasteiger charge is -2.32. The summed E-state index contributed by atoms with van der Waals surface area (Å²) in [5, 5.41) is 13.4. The number of nitrogens with one attached hydrogen (secondary N) is 1. The zero-order chi connectivity index (χ0) is 12.3. The number of pyridine rings is 1. The Bertz CT molecular complexity index is 395. The fraction of sp³-hybridized carbons (Fsp3) is 0.545. The van der Waals surface area contributed by atoms with Gasteiger partial charge in [-0.1, -0.05) is 0 Å². The summed E-state index contributed by atoms with van der Waals surface area (Å²) in [4.78, 5) is 4.25. The molecule has 0 saturated carbocycles. The predicted octanol–water partition coefficient (Wildman–Crippen LogP) is 2.56. The highest BCUT2D eigenvalue weighted by Gasteiger charge is 2.29. The van der Waals surface area contributed by atoms with Gasteiger partial charge in [-0.3, -0.25) is 0 Å². The number of anilines is 1. The molecule has 0 amide bonds. The summed E-state index contributed by atoms with van der Waals surface area (Å²) in [6, 6.07) is 1.92. The van der Waals surface area contributed by atoms with E-state index in [0.717, 1.165) is 14.8 Å². The smallest absolute Gasteiger partial charge is 0.140 e. The minimum Gasteiger partial charge on any atom is -0.388 e. The minimum absolute atomic E-state index is 0.490. The molecule has 94 valence electrons. The highest BCUT2D eigenvalue weighted by atomic mass is 79.9. The molecular formula is C11H14Br2N2O2. The standard InChI is InChI=1S/C11H14Br2N2O2/c12-8-5-9(13)10(14-6-8)15-7-11(16)1-3-17-4-2-11/h5-6,16H,1-4,7H2,(H,14,15). The van der Waals surface area contributed by atoms with E-state index in [9.17, 15) is 5.11 Å². The van der Waals surface area contributed by atoms with Gasteiger partial charge in [0, 0.05) is 43.3 Å². The first-order valence-electron chi connectivity index (χ1n) is 5.44. The van der Waals surface area contributed by atoms with E-state index >= 15 is 0 Å². The van der Waals surface area contributed by atoms with Crippen LogP contribution >= 0.6 is 31.9 Å². The molecule has 1 aromatic rings. The summed E-state index contributed by atoms with van der Waals surface area (Å²) < 4.78 is 7.03. The van der Waals surface area contributed by atoms with Gasteiger partial charge < -0.3 is 15.2 Å². The van der Waals surface area contributed by atoms with Crippen LogP contribution in [-0.4, -0.2) is 35.5 Å². The number of hydrogen-bond acceptors (Lipinski definition) is 4. The van der Waals surface area contributed by atoms with Gasteiger partial charge in [0.25, 0.3) is 0 Å². The fourth-order valence-corrected chi connectivity index (χ4v) is 2.85. The summed E-state index contributed by atoms with van der Waals surface area (Å²) >= 11 is 6.78. The summed E-state index contributed by atoms with van der Waals surface area (Å²) in [7, 11) is 0. The molecule has 0 bridgehead atoms. The first-order valence-corrected chi connectivity index (χ1v) is 7.03. The monoisotopic (exact) mass is 364 g/mol. The first-order chi connectivity index (χ1) is 8.09. The molecular weight excluding hydrogens is 352 g/mol. The van der Waals surface area contributed by atoms with Gasteiger partial charge in [-0.25, -0.2) is 4.98 Å². The van der Waals surface area contributed by atoms with Gasteiger partial charge in [0.2, 0.25) is 0 Å². The van der Waals surface area contributed by atoms with Crippen LogP contribution in [0, 0.1) is 0 Å². The van der Waals surface area contributed by atoms with Gasteiger partial charge in [0.05, 0.1) is 10.1 Å². The number of ether oxygens (including phenoxy) is 1. The van der Waals surface area contributed by atoms with Crippen molar-refractivity contribution in [1.82, 2.24) is 4.98 Å². The second-order valence-corrected chi connectivity index (χ2v) is 5.94. The molecule has 0 atom stereocenters. The molecule has 1 aliphatic rings. The maximum Gasteiger partial charge on any atom is 0.140 e. The third-order valence-corrected chi connectivity index (χ3v) is 3.85. The molecule has 6 heteroatoms. The minimum atomic E-state index is -0.688. The van der Waals surface area contributed by atoms with Crippen LogP contribution in [0.5, 0.6) is 0 Å². The lowest BCUT2D eigenvalue weighted by molar-refractivity contribution is -0.0543. The Labute approximate surface area is 117 Å². The van der Waals surface area contributed by atoms with Gasteiger partial charge in [0.1, 0.15) is 5.82 Å². The maximum absolute atomic E-state index is 10.3. The Morgan fingerprint density at radius 2 is 2.12 bits per heavy atom. The fourth-order valence-electron chi connectivity index (χ4n) is 1.72. The number of nitrogens with zero attached hydrogens (tertiary/aromatic N) is 1. The summed E-state index contributed by atoms with van der Waals surface area (Å²) in [5.41, 5.74) is -0.688. The topological polar surface area (TPSA) is 54.4 Å². The number of rotatable bonds is 3. The van der Waals surface area contributed by atoms with Crippen molar-refractivity contribution in [2.75, 3.05) is 25.1 Å². The van der Waals surface area contributed by atoms with Crippen molar-refractivity contribution < 1.29 is 9.84 Å². The molecule has 17 heavy (non-hydrogen) atoms. The van der Waals surface area contributed by atoms with Crippen LogP contribution in [-0.2, 0) is 4.74 Å². The molecule has 1 aliphatic heterocycles. The van der Waals surface area contributed by atoms with Crippen LogP contribution in [0.3, 0.4) is 0 Å². The number of aliphatic hydroxyl groups is 1. The van der Waals surface area contributed by atoms with E-state index in [1.807, 2.05) is 6.07 Å². The van der Waals surface area contributed by atoms with Crippen molar-refractivity contribution in [3.05, 3.63) is 21.2 Å². The normalized spacial score (nSPS) is 19.0. The number of hydrogen-bond donors (Lipinski definition) is 2. The van der Waals surface area contributed by atoms with E-state index in [2.05, 4.69) is 42.2 Å². The van der Waals surface area contributed by atoms with Gasteiger partial charge >= 0.3 is 0 Å². The van der Waals surface area contributed by atoms with E-state index < -0.39 is 5.60 Å². The zero-order valence-electron chi connectivity index (χ0n) is 9.25. The molecule has 4 nitrogen and oxygen atoms in total. The quantitative estimate of drug-likeness (QED) is 0.864. The van der Waals surface area contributed by atoms with E-state index in [-0.39, 0.29) is 0 Å². The van der Waals surface area contributed by atoms with Crippen molar-refractivity contribution in [3.8, 4) is 0 Å². The van der Waals surface area contributed by atoms with Gasteiger partial charge in [-0.05, 0) is 37.9 Å². The SMILES string of the molecule is OC1(CNc2ncc(Br)cc2Br)CCOCC1. The van der Waals surface area contributed by atoms with E-state index in [0.29, 0.717) is 32.6 Å². The Kier molecular flexibility index (Phi) is 4.41. The molecule has 0 aliphatic carbocycles. The zero-order valence-corrected chi connectivity index (χ0v) is 12.4. The Balaban J connectivity index is 1.97. The highest BCUT2D eigenvalue weighted by molar-refractivity contribution is 9.11. The Morgan fingerprint density at radius 1 is 1.41 bits per heavy atom. The Hall–Kier alpha value is -0.170. The van der Waals surface area contributed by atoms with Crippen molar-refractivity contribution in [2.24, 2.45) is 0 Å². The molecule has 0 aromatic carbocycles. The van der Waals surface area contributed by atoms with Crippen LogP contribution in [0.15, 0.2) is 21.2 Å². The van der Waals surface area contributed by atoms with Crippen LogP contribution in [0.1, 0.15) is 12.8 Å². The van der Waals surface area contributed by atoms with Gasteiger partial charge in [-0.15, -0.1) is 0 Å². The lowest BCUT2D eigenvalue weighted by atomic mass is 9.94. The predicted molar refractivity (Wildman–Crippen MR) is 73.1 cm³/mol.